The van der Waals surface area contributed by atoms with Gasteiger partial charge in [-0.25, -0.2) is 0 Å². The molecule has 1 aromatic rings. The lowest BCUT2D eigenvalue weighted by atomic mass is 10.2. The Labute approximate surface area is 93.4 Å². The number of nitrogens with one attached hydrogen (secondary N) is 1. The molecule has 2 rings (SSSR count). The number of hydrogen-bond acceptors (Lipinski definition) is 2. The van der Waals surface area contributed by atoms with Crippen LogP contribution in [-0.2, 0) is 0 Å². The van der Waals surface area contributed by atoms with Gasteiger partial charge in [0.2, 0.25) is 0 Å². The summed E-state index contributed by atoms with van der Waals surface area (Å²) in [5, 5.41) is 3.20. The summed E-state index contributed by atoms with van der Waals surface area (Å²) >= 11 is 3.56. The van der Waals surface area contributed by atoms with Crippen molar-refractivity contribution >= 4 is 21.6 Å². The maximum absolute atomic E-state index is 3.56. The molecule has 76 valence electrons. The van der Waals surface area contributed by atoms with Crippen molar-refractivity contribution in [1.82, 2.24) is 5.32 Å². The van der Waals surface area contributed by atoms with Crippen LogP contribution in [0.5, 0.6) is 0 Å². The Bertz CT molecular complexity index is 338. The average molecular weight is 255 g/mol. The van der Waals surface area contributed by atoms with Crippen molar-refractivity contribution in [2.75, 3.05) is 25.0 Å². The van der Waals surface area contributed by atoms with E-state index >= 15 is 0 Å². The molecule has 0 aromatic heterocycles. The van der Waals surface area contributed by atoms with Gasteiger partial charge >= 0.3 is 0 Å². The third-order valence-electron chi connectivity index (χ3n) is 2.64. The topological polar surface area (TPSA) is 15.0 Å². The first-order chi connectivity index (χ1) is 6.72. The molecule has 3 heteroatoms. The summed E-state index contributed by atoms with van der Waals surface area (Å²) in [7, 11) is 2.00. The Morgan fingerprint density at radius 3 is 3.00 bits per heavy atom. The third-order valence-corrected chi connectivity index (χ3v) is 3.50. The lowest BCUT2D eigenvalue weighted by molar-refractivity contribution is 0.791. The predicted octanol–water partition coefficient (Wildman–Crippen LogP) is 2.17. The van der Waals surface area contributed by atoms with Crippen LogP contribution in [0.1, 0.15) is 5.56 Å². The molecule has 0 amide bonds. The molecule has 1 aromatic carbocycles. The van der Waals surface area contributed by atoms with Crippen LogP contribution in [-0.4, -0.2) is 26.2 Å². The molecule has 14 heavy (non-hydrogen) atoms. The van der Waals surface area contributed by atoms with E-state index < -0.39 is 0 Å². The van der Waals surface area contributed by atoms with Gasteiger partial charge < -0.3 is 10.2 Å². The van der Waals surface area contributed by atoms with Crippen molar-refractivity contribution in [2.45, 2.75) is 13.0 Å². The zero-order chi connectivity index (χ0) is 10.1. The fraction of sp³-hybridized carbons (Fsp3) is 0.455. The maximum Gasteiger partial charge on any atom is 0.0590 e. The smallest absolute Gasteiger partial charge is 0.0590 e. The van der Waals surface area contributed by atoms with E-state index in [1.54, 1.807) is 0 Å². The highest BCUT2D eigenvalue weighted by atomic mass is 79.9. The Morgan fingerprint density at radius 1 is 1.57 bits per heavy atom. The Balaban J connectivity index is 2.08. The first-order valence-electron chi connectivity index (χ1n) is 4.90. The van der Waals surface area contributed by atoms with Crippen molar-refractivity contribution in [3.8, 4) is 0 Å². The normalized spacial score (nSPS) is 19.9. The predicted molar refractivity (Wildman–Crippen MR) is 63.9 cm³/mol. The van der Waals surface area contributed by atoms with Crippen molar-refractivity contribution in [1.29, 1.82) is 0 Å². The standard InChI is InChI=1S/C11H15BrN2/c1-8-3-4-9(5-11(8)12)14-7-10(14)6-13-2/h3-5,10,13H,6-7H2,1-2H3. The van der Waals surface area contributed by atoms with Gasteiger partial charge in [0.15, 0.2) is 0 Å². The average Bonchev–Trinajstić information content (AvgIpc) is 2.90. The van der Waals surface area contributed by atoms with Gasteiger partial charge in [-0.15, -0.1) is 0 Å². The van der Waals surface area contributed by atoms with Crippen molar-refractivity contribution in [3.05, 3.63) is 28.2 Å². The molecule has 0 radical (unpaired) electrons. The molecule has 0 aliphatic carbocycles. The lowest BCUT2D eigenvalue weighted by Crippen LogP contribution is -2.17. The van der Waals surface area contributed by atoms with Gasteiger partial charge in [0.05, 0.1) is 6.04 Å². The zero-order valence-electron chi connectivity index (χ0n) is 8.55. The highest BCUT2D eigenvalue weighted by Gasteiger charge is 2.33. The minimum atomic E-state index is 0.689. The van der Waals surface area contributed by atoms with Crippen LogP contribution in [0.2, 0.25) is 0 Å². The minimum absolute atomic E-state index is 0.689. The molecule has 1 fully saturated rings. The quantitative estimate of drug-likeness (QED) is 0.832. The minimum Gasteiger partial charge on any atom is -0.363 e. The molecular formula is C11H15BrN2. The Kier molecular flexibility index (Phi) is 2.79. The van der Waals surface area contributed by atoms with Crippen molar-refractivity contribution < 1.29 is 0 Å². The fourth-order valence-electron chi connectivity index (χ4n) is 1.67. The van der Waals surface area contributed by atoms with E-state index in [1.807, 2.05) is 7.05 Å². The molecule has 1 aliphatic rings. The molecule has 0 bridgehead atoms. The second-order valence-corrected chi connectivity index (χ2v) is 4.65. The number of benzene rings is 1. The van der Waals surface area contributed by atoms with E-state index in [-0.39, 0.29) is 0 Å². The fourth-order valence-corrected chi connectivity index (χ4v) is 2.03. The summed E-state index contributed by atoms with van der Waals surface area (Å²) in [5.74, 6) is 0. The van der Waals surface area contributed by atoms with Gasteiger partial charge in [0, 0.05) is 23.2 Å². The number of likely N-dealkylation sites (N-methyl/N-ethyl adjacent to an activating group) is 1. The molecule has 1 aliphatic heterocycles. The van der Waals surface area contributed by atoms with E-state index in [0.717, 1.165) is 6.54 Å². The summed E-state index contributed by atoms with van der Waals surface area (Å²) in [6, 6.07) is 7.24. The molecule has 1 saturated heterocycles. The number of aryl methyl sites for hydroxylation is 1. The summed E-state index contributed by atoms with van der Waals surface area (Å²) < 4.78 is 1.20. The summed E-state index contributed by atoms with van der Waals surface area (Å²) in [6.45, 7) is 4.36. The van der Waals surface area contributed by atoms with E-state index in [4.69, 9.17) is 0 Å². The van der Waals surface area contributed by atoms with Gasteiger partial charge in [-0.05, 0) is 31.7 Å². The molecule has 1 unspecified atom stereocenters. The van der Waals surface area contributed by atoms with Crippen molar-refractivity contribution in [3.63, 3.8) is 0 Å². The van der Waals surface area contributed by atoms with E-state index in [1.165, 1.54) is 22.3 Å². The van der Waals surface area contributed by atoms with Gasteiger partial charge in [0.1, 0.15) is 0 Å². The second-order valence-electron chi connectivity index (χ2n) is 3.80. The van der Waals surface area contributed by atoms with Gasteiger partial charge in [-0.1, -0.05) is 22.0 Å². The number of rotatable bonds is 3. The third kappa shape index (κ3) is 1.93. The second kappa shape index (κ2) is 3.91. The van der Waals surface area contributed by atoms with Gasteiger partial charge in [-0.2, -0.15) is 0 Å². The first kappa shape index (κ1) is 9.99. The molecule has 1 N–H and O–H groups in total. The monoisotopic (exact) mass is 254 g/mol. The van der Waals surface area contributed by atoms with Crippen LogP contribution in [0.3, 0.4) is 0 Å². The maximum atomic E-state index is 3.56. The first-order valence-corrected chi connectivity index (χ1v) is 5.69. The summed E-state index contributed by atoms with van der Waals surface area (Å²) in [6.07, 6.45) is 0. The molecule has 2 nitrogen and oxygen atoms in total. The van der Waals surface area contributed by atoms with Crippen LogP contribution in [0.15, 0.2) is 22.7 Å². The Morgan fingerprint density at radius 2 is 2.36 bits per heavy atom. The highest BCUT2D eigenvalue weighted by molar-refractivity contribution is 9.10. The van der Waals surface area contributed by atoms with E-state index in [2.05, 4.69) is 51.3 Å². The van der Waals surface area contributed by atoms with E-state index in [9.17, 15) is 0 Å². The van der Waals surface area contributed by atoms with Gasteiger partial charge in [0.25, 0.3) is 0 Å². The zero-order valence-corrected chi connectivity index (χ0v) is 10.1. The summed E-state index contributed by atoms with van der Waals surface area (Å²) in [4.78, 5) is 2.40. The molecule has 1 heterocycles. The lowest BCUT2D eigenvalue weighted by Gasteiger charge is -2.07. The molecule has 0 saturated carbocycles. The van der Waals surface area contributed by atoms with Crippen LogP contribution in [0.25, 0.3) is 0 Å². The number of anilines is 1. The van der Waals surface area contributed by atoms with Crippen LogP contribution in [0, 0.1) is 6.92 Å². The Hall–Kier alpha value is -0.540. The number of hydrogen-bond donors (Lipinski definition) is 1. The highest BCUT2D eigenvalue weighted by Crippen LogP contribution is 2.30. The van der Waals surface area contributed by atoms with Crippen LogP contribution in [0.4, 0.5) is 5.69 Å². The van der Waals surface area contributed by atoms with Crippen LogP contribution >= 0.6 is 15.9 Å². The van der Waals surface area contributed by atoms with E-state index in [0.29, 0.717) is 6.04 Å². The number of nitrogens with zero attached hydrogens (tertiary/aromatic N) is 1. The SMILES string of the molecule is CNCC1CN1c1ccc(C)c(Br)c1. The number of halogens is 1. The molecule has 1 atom stereocenters. The van der Waals surface area contributed by atoms with Crippen molar-refractivity contribution in [2.24, 2.45) is 0 Å². The largest absolute Gasteiger partial charge is 0.363 e. The van der Waals surface area contributed by atoms with Crippen LogP contribution < -0.4 is 10.2 Å². The molecular weight excluding hydrogens is 240 g/mol. The molecule has 0 spiro atoms. The van der Waals surface area contributed by atoms with Gasteiger partial charge in [-0.3, -0.25) is 0 Å². The summed E-state index contributed by atoms with van der Waals surface area (Å²) in [5.41, 5.74) is 2.61.